The normalized spacial score (nSPS) is 11.1. The van der Waals surface area contributed by atoms with E-state index in [-0.39, 0.29) is 5.56 Å². The molecule has 0 unspecified atom stereocenters. The number of rotatable bonds is 1. The minimum atomic E-state index is -0.412. The summed E-state index contributed by atoms with van der Waals surface area (Å²) in [5.41, 5.74) is 1.33. The van der Waals surface area contributed by atoms with Crippen LogP contribution < -0.4 is 5.56 Å². The topological polar surface area (TPSA) is 22.0 Å². The van der Waals surface area contributed by atoms with Gasteiger partial charge in [-0.1, -0.05) is 35.3 Å². The zero-order valence-corrected chi connectivity index (χ0v) is 11.6. The van der Waals surface area contributed by atoms with Crippen LogP contribution in [0.1, 0.15) is 5.56 Å². The summed E-state index contributed by atoms with van der Waals surface area (Å²) in [5, 5.41) is 0.887. The van der Waals surface area contributed by atoms with E-state index in [1.807, 2.05) is 19.1 Å². The Labute approximate surface area is 117 Å². The quantitative estimate of drug-likeness (QED) is 0.660. The summed E-state index contributed by atoms with van der Waals surface area (Å²) in [6.07, 6.45) is 0. The fraction of sp³-hybridized carbons (Fsp3) is 0.0714. The molecular weight excluding hydrogens is 285 g/mol. The molecule has 0 saturated heterocycles. The summed E-state index contributed by atoms with van der Waals surface area (Å²) >= 11 is 7.43. The summed E-state index contributed by atoms with van der Waals surface area (Å²) in [7, 11) is 0. The van der Waals surface area contributed by atoms with Crippen LogP contribution in [0.3, 0.4) is 0 Å². The van der Waals surface area contributed by atoms with Crippen molar-refractivity contribution in [2.24, 2.45) is 0 Å². The molecule has 0 bridgehead atoms. The predicted molar refractivity (Wildman–Crippen MR) is 77.1 cm³/mol. The molecule has 0 spiro atoms. The van der Waals surface area contributed by atoms with E-state index in [0.717, 1.165) is 10.3 Å². The molecule has 0 N–H and O–H groups in total. The SMILES string of the molecule is Cc1cccc(Cl)c1-n1sc2ccc(F)cc2c1=O. The van der Waals surface area contributed by atoms with E-state index >= 15 is 0 Å². The van der Waals surface area contributed by atoms with Crippen molar-refractivity contribution in [3.05, 3.63) is 63.2 Å². The van der Waals surface area contributed by atoms with E-state index in [2.05, 4.69) is 0 Å². The molecule has 0 saturated carbocycles. The fourth-order valence-electron chi connectivity index (χ4n) is 2.03. The lowest BCUT2D eigenvalue weighted by molar-refractivity contribution is 0.629. The molecule has 0 fully saturated rings. The maximum atomic E-state index is 13.2. The standard InChI is InChI=1S/C14H9ClFNOS/c1-8-3-2-4-11(15)13(8)17-14(18)10-7-9(16)5-6-12(10)19-17/h2-7H,1H3. The van der Waals surface area contributed by atoms with Crippen LogP contribution in [0, 0.1) is 12.7 Å². The van der Waals surface area contributed by atoms with E-state index in [9.17, 15) is 9.18 Å². The Morgan fingerprint density at radius 2 is 2.05 bits per heavy atom. The molecule has 0 aliphatic rings. The summed E-state index contributed by atoms with van der Waals surface area (Å²) in [5.74, 6) is -0.412. The summed E-state index contributed by atoms with van der Waals surface area (Å²) in [6.45, 7) is 1.89. The highest BCUT2D eigenvalue weighted by Crippen LogP contribution is 2.27. The van der Waals surface area contributed by atoms with Gasteiger partial charge < -0.3 is 0 Å². The van der Waals surface area contributed by atoms with Gasteiger partial charge in [0.05, 0.1) is 20.8 Å². The second kappa shape index (κ2) is 4.47. The molecular formula is C14H9ClFNOS. The van der Waals surface area contributed by atoms with Crippen molar-refractivity contribution in [2.45, 2.75) is 6.92 Å². The zero-order valence-electron chi connectivity index (χ0n) is 9.98. The van der Waals surface area contributed by atoms with Crippen LogP contribution in [-0.4, -0.2) is 3.96 Å². The third-order valence-electron chi connectivity index (χ3n) is 2.94. The van der Waals surface area contributed by atoms with Gasteiger partial charge in [-0.05, 0) is 36.8 Å². The molecule has 5 heteroatoms. The van der Waals surface area contributed by atoms with E-state index in [1.54, 1.807) is 12.1 Å². The summed E-state index contributed by atoms with van der Waals surface area (Å²) in [4.78, 5) is 12.3. The Kier molecular flexibility index (Phi) is 2.92. The Bertz CT molecular complexity index is 817. The minimum absolute atomic E-state index is 0.240. The van der Waals surface area contributed by atoms with Crippen molar-refractivity contribution in [2.75, 3.05) is 0 Å². The fourth-order valence-corrected chi connectivity index (χ4v) is 3.47. The second-order valence-electron chi connectivity index (χ2n) is 4.24. The van der Waals surface area contributed by atoms with Crippen molar-refractivity contribution in [1.82, 2.24) is 3.96 Å². The largest absolute Gasteiger partial charge is 0.273 e. The van der Waals surface area contributed by atoms with Crippen molar-refractivity contribution < 1.29 is 4.39 Å². The molecule has 96 valence electrons. The first kappa shape index (κ1) is 12.4. The average molecular weight is 294 g/mol. The summed E-state index contributed by atoms with van der Waals surface area (Å²) < 4.78 is 15.5. The van der Waals surface area contributed by atoms with Crippen LogP contribution in [0.25, 0.3) is 15.8 Å². The average Bonchev–Trinajstić information content (AvgIpc) is 2.67. The molecule has 0 amide bonds. The number of aromatic nitrogens is 1. The van der Waals surface area contributed by atoms with Gasteiger partial charge >= 0.3 is 0 Å². The van der Waals surface area contributed by atoms with Crippen molar-refractivity contribution in [1.29, 1.82) is 0 Å². The van der Waals surface area contributed by atoms with Gasteiger partial charge in [-0.15, -0.1) is 0 Å². The molecule has 19 heavy (non-hydrogen) atoms. The lowest BCUT2D eigenvalue weighted by atomic mass is 10.2. The van der Waals surface area contributed by atoms with Crippen molar-refractivity contribution in [3.63, 3.8) is 0 Å². The highest BCUT2D eigenvalue weighted by molar-refractivity contribution is 7.14. The molecule has 2 aromatic carbocycles. The molecule has 0 atom stereocenters. The smallest absolute Gasteiger partial charge is 0.267 e. The van der Waals surface area contributed by atoms with Crippen molar-refractivity contribution in [3.8, 4) is 5.69 Å². The molecule has 1 heterocycles. The monoisotopic (exact) mass is 293 g/mol. The van der Waals surface area contributed by atoms with Gasteiger partial charge in [-0.3, -0.25) is 4.79 Å². The number of fused-ring (bicyclic) bond motifs is 1. The maximum absolute atomic E-state index is 13.2. The van der Waals surface area contributed by atoms with Gasteiger partial charge in [0.1, 0.15) is 5.82 Å². The maximum Gasteiger partial charge on any atom is 0.273 e. The number of para-hydroxylation sites is 1. The number of benzene rings is 2. The predicted octanol–water partition coefficient (Wildman–Crippen LogP) is 4.15. The van der Waals surface area contributed by atoms with E-state index in [0.29, 0.717) is 16.1 Å². The van der Waals surface area contributed by atoms with E-state index in [1.165, 1.54) is 27.6 Å². The molecule has 2 nitrogen and oxygen atoms in total. The Hall–Kier alpha value is -1.65. The molecule has 3 aromatic rings. The second-order valence-corrected chi connectivity index (χ2v) is 5.63. The molecule has 3 rings (SSSR count). The highest BCUT2D eigenvalue weighted by atomic mass is 35.5. The zero-order chi connectivity index (χ0) is 13.6. The lowest BCUT2D eigenvalue weighted by Gasteiger charge is -2.06. The van der Waals surface area contributed by atoms with Gasteiger partial charge in [0.25, 0.3) is 5.56 Å². The van der Waals surface area contributed by atoms with Gasteiger partial charge in [0.2, 0.25) is 0 Å². The first-order valence-corrected chi connectivity index (χ1v) is 6.80. The van der Waals surface area contributed by atoms with Crippen LogP contribution in [0.2, 0.25) is 5.02 Å². The highest BCUT2D eigenvalue weighted by Gasteiger charge is 2.14. The van der Waals surface area contributed by atoms with E-state index in [4.69, 9.17) is 11.6 Å². The first-order valence-electron chi connectivity index (χ1n) is 5.65. The Balaban J connectivity index is 2.38. The van der Waals surface area contributed by atoms with Gasteiger partial charge in [-0.25, -0.2) is 8.35 Å². The Morgan fingerprint density at radius 1 is 1.26 bits per heavy atom. The molecule has 0 aliphatic carbocycles. The third kappa shape index (κ3) is 1.97. The van der Waals surface area contributed by atoms with Gasteiger partial charge in [0.15, 0.2) is 0 Å². The van der Waals surface area contributed by atoms with Crippen LogP contribution in [0.5, 0.6) is 0 Å². The summed E-state index contributed by atoms with van der Waals surface area (Å²) in [6, 6.07) is 9.68. The molecule has 0 aliphatic heterocycles. The van der Waals surface area contributed by atoms with Crippen molar-refractivity contribution >= 4 is 33.2 Å². The number of nitrogens with zero attached hydrogens (tertiary/aromatic N) is 1. The number of halogens is 2. The van der Waals surface area contributed by atoms with Gasteiger partial charge in [0, 0.05) is 0 Å². The van der Waals surface area contributed by atoms with E-state index < -0.39 is 5.82 Å². The minimum Gasteiger partial charge on any atom is -0.267 e. The lowest BCUT2D eigenvalue weighted by Crippen LogP contribution is -2.12. The van der Waals surface area contributed by atoms with Crippen LogP contribution >= 0.6 is 23.1 Å². The molecule has 0 radical (unpaired) electrons. The van der Waals surface area contributed by atoms with Crippen LogP contribution in [0.15, 0.2) is 41.2 Å². The molecule has 1 aromatic heterocycles. The number of aryl methyl sites for hydroxylation is 1. The first-order chi connectivity index (χ1) is 9.08. The van der Waals surface area contributed by atoms with Crippen LogP contribution in [-0.2, 0) is 0 Å². The number of hydrogen-bond donors (Lipinski definition) is 0. The van der Waals surface area contributed by atoms with Gasteiger partial charge in [-0.2, -0.15) is 0 Å². The Morgan fingerprint density at radius 3 is 2.79 bits per heavy atom. The number of hydrogen-bond acceptors (Lipinski definition) is 2. The third-order valence-corrected chi connectivity index (χ3v) is 4.33. The van der Waals surface area contributed by atoms with Crippen LogP contribution in [0.4, 0.5) is 4.39 Å².